The van der Waals surface area contributed by atoms with Gasteiger partial charge in [0.05, 0.1) is 4.91 Å². The number of amides is 1. The number of thiocarbonyl (C=S) groups is 1. The van der Waals surface area contributed by atoms with Crippen LogP contribution >= 0.6 is 24.0 Å². The second-order valence-corrected chi connectivity index (χ2v) is 10.5. The summed E-state index contributed by atoms with van der Waals surface area (Å²) in [6, 6.07) is 12.3. The number of thioether (sulfide) groups is 1. The van der Waals surface area contributed by atoms with Gasteiger partial charge in [-0.2, -0.15) is 5.26 Å². The Morgan fingerprint density at radius 1 is 1.14 bits per heavy atom. The molecule has 0 aliphatic carbocycles. The number of hydrogen-bond donors (Lipinski definition) is 0. The van der Waals surface area contributed by atoms with Crippen LogP contribution < -0.4 is 15.4 Å². The molecule has 0 radical (unpaired) electrons. The van der Waals surface area contributed by atoms with Crippen molar-refractivity contribution in [3.8, 4) is 6.07 Å². The molecule has 3 heterocycles. The van der Waals surface area contributed by atoms with Gasteiger partial charge in [-0.3, -0.25) is 19.1 Å². The van der Waals surface area contributed by atoms with Crippen LogP contribution in [0.5, 0.6) is 0 Å². The van der Waals surface area contributed by atoms with Gasteiger partial charge in [0.1, 0.15) is 21.8 Å². The van der Waals surface area contributed by atoms with E-state index in [0.29, 0.717) is 27.9 Å². The Bertz CT molecular complexity index is 1290. The quantitative estimate of drug-likeness (QED) is 0.449. The summed E-state index contributed by atoms with van der Waals surface area (Å²) in [7, 11) is 1.70. The van der Waals surface area contributed by atoms with Gasteiger partial charge in [0.15, 0.2) is 0 Å². The van der Waals surface area contributed by atoms with E-state index in [2.05, 4.69) is 28.0 Å². The molecule has 2 aliphatic heterocycles. The maximum atomic E-state index is 13.2. The van der Waals surface area contributed by atoms with Crippen molar-refractivity contribution >= 4 is 51.8 Å². The van der Waals surface area contributed by atoms with Crippen LogP contribution in [0.1, 0.15) is 37.0 Å². The molecule has 1 unspecified atom stereocenters. The molecule has 0 spiro atoms. The van der Waals surface area contributed by atoms with E-state index in [0.717, 1.165) is 30.9 Å². The zero-order valence-corrected chi connectivity index (χ0v) is 22.1. The Hall–Kier alpha value is -3.09. The number of nitriles is 1. The molecule has 182 valence electrons. The van der Waals surface area contributed by atoms with E-state index >= 15 is 0 Å². The number of piperazine rings is 1. The van der Waals surface area contributed by atoms with Crippen LogP contribution in [0.15, 0.2) is 40.0 Å². The third kappa shape index (κ3) is 4.60. The Kier molecular flexibility index (Phi) is 7.33. The molecule has 4 rings (SSSR count). The molecule has 9 heteroatoms. The summed E-state index contributed by atoms with van der Waals surface area (Å²) >= 11 is 6.78. The van der Waals surface area contributed by atoms with E-state index in [1.807, 2.05) is 38.1 Å². The smallest absolute Gasteiger partial charge is 0.270 e. The molecule has 7 nitrogen and oxygen atoms in total. The molecule has 1 atom stereocenters. The van der Waals surface area contributed by atoms with Gasteiger partial charge < -0.3 is 9.80 Å². The van der Waals surface area contributed by atoms with Crippen LogP contribution in [-0.2, 0) is 11.8 Å². The van der Waals surface area contributed by atoms with Crippen LogP contribution in [-0.4, -0.2) is 51.9 Å². The van der Waals surface area contributed by atoms with Gasteiger partial charge in [0, 0.05) is 50.5 Å². The third-order valence-electron chi connectivity index (χ3n) is 6.80. The zero-order valence-electron chi connectivity index (χ0n) is 20.4. The van der Waals surface area contributed by atoms with Crippen molar-refractivity contribution in [3.63, 3.8) is 0 Å². The number of hydrogen-bond acceptors (Lipinski definition) is 7. The summed E-state index contributed by atoms with van der Waals surface area (Å²) in [6.07, 6.45) is 2.62. The van der Waals surface area contributed by atoms with Crippen LogP contribution in [0, 0.1) is 18.3 Å². The summed E-state index contributed by atoms with van der Waals surface area (Å²) in [5, 5.41) is 9.71. The number of carbonyl (C=O) groups is 1. The minimum Gasteiger partial charge on any atom is -0.368 e. The first-order valence-electron chi connectivity index (χ1n) is 11.7. The van der Waals surface area contributed by atoms with E-state index in [9.17, 15) is 14.9 Å². The summed E-state index contributed by atoms with van der Waals surface area (Å²) in [5.74, 6) is 0.606. The first-order chi connectivity index (χ1) is 16.8. The molecule has 2 aliphatic rings. The fraction of sp³-hybridized carbons (Fsp3) is 0.385. The SMILES string of the molecule is CCC(C)N1C(=O)C(=Cc2c(C)c(C#N)c(=O)n(C)c2N2CCN(c3ccccc3)CC2)SC1=S. The summed E-state index contributed by atoms with van der Waals surface area (Å²) in [4.78, 5) is 32.9. The lowest BCUT2D eigenvalue weighted by molar-refractivity contribution is -0.123. The van der Waals surface area contributed by atoms with Crippen LogP contribution in [0.25, 0.3) is 6.08 Å². The van der Waals surface area contributed by atoms with Crippen molar-refractivity contribution in [2.75, 3.05) is 36.0 Å². The second kappa shape index (κ2) is 10.3. The normalized spacial score (nSPS) is 18.4. The highest BCUT2D eigenvalue weighted by Crippen LogP contribution is 2.37. The Morgan fingerprint density at radius 3 is 2.37 bits per heavy atom. The van der Waals surface area contributed by atoms with Crippen molar-refractivity contribution in [2.45, 2.75) is 33.2 Å². The average molecular weight is 508 g/mol. The number of anilines is 2. The van der Waals surface area contributed by atoms with Crippen LogP contribution in [0.4, 0.5) is 11.5 Å². The Morgan fingerprint density at radius 2 is 1.77 bits per heavy atom. The molecule has 2 saturated heterocycles. The summed E-state index contributed by atoms with van der Waals surface area (Å²) in [5.41, 5.74) is 2.26. The first-order valence-corrected chi connectivity index (χ1v) is 13.0. The van der Waals surface area contributed by atoms with Gasteiger partial charge in [0.25, 0.3) is 11.5 Å². The molecule has 35 heavy (non-hydrogen) atoms. The lowest BCUT2D eigenvalue weighted by atomic mass is 10.0. The number of para-hydroxylation sites is 1. The van der Waals surface area contributed by atoms with Crippen molar-refractivity contribution < 1.29 is 4.79 Å². The minimum absolute atomic E-state index is 0.00910. The molecule has 0 N–H and O–H groups in total. The van der Waals surface area contributed by atoms with Crippen molar-refractivity contribution in [1.29, 1.82) is 5.26 Å². The topological polar surface area (TPSA) is 72.6 Å². The predicted octanol–water partition coefficient (Wildman–Crippen LogP) is 3.89. The van der Waals surface area contributed by atoms with Gasteiger partial charge in [0.2, 0.25) is 0 Å². The van der Waals surface area contributed by atoms with E-state index in [1.165, 1.54) is 17.4 Å². The van der Waals surface area contributed by atoms with Crippen molar-refractivity contribution in [3.05, 3.63) is 62.3 Å². The fourth-order valence-electron chi connectivity index (χ4n) is 4.58. The van der Waals surface area contributed by atoms with Crippen LogP contribution in [0.3, 0.4) is 0 Å². The lowest BCUT2D eigenvalue weighted by Crippen LogP contribution is -2.48. The molecular formula is C26H29N5O2S2. The summed E-state index contributed by atoms with van der Waals surface area (Å²) in [6.45, 7) is 8.81. The molecule has 1 aromatic carbocycles. The highest BCUT2D eigenvalue weighted by atomic mass is 32.2. The molecule has 1 amide bonds. The number of rotatable bonds is 5. The number of carbonyl (C=O) groups excluding carboxylic acids is 1. The highest BCUT2D eigenvalue weighted by molar-refractivity contribution is 8.26. The van der Waals surface area contributed by atoms with E-state index in [4.69, 9.17) is 12.2 Å². The maximum absolute atomic E-state index is 13.2. The van der Waals surface area contributed by atoms with Crippen LogP contribution in [0.2, 0.25) is 0 Å². The minimum atomic E-state index is -0.324. The Labute approximate surface area is 215 Å². The number of nitrogens with zero attached hydrogens (tertiary/aromatic N) is 5. The van der Waals surface area contributed by atoms with E-state index < -0.39 is 0 Å². The van der Waals surface area contributed by atoms with Gasteiger partial charge in [-0.1, -0.05) is 49.1 Å². The van der Waals surface area contributed by atoms with Crippen molar-refractivity contribution in [1.82, 2.24) is 9.47 Å². The predicted molar refractivity (Wildman–Crippen MR) is 147 cm³/mol. The van der Waals surface area contributed by atoms with E-state index in [1.54, 1.807) is 23.4 Å². The highest BCUT2D eigenvalue weighted by Gasteiger charge is 2.35. The number of benzene rings is 1. The molecule has 2 aromatic rings. The van der Waals surface area contributed by atoms with E-state index in [-0.39, 0.29) is 23.1 Å². The maximum Gasteiger partial charge on any atom is 0.270 e. The zero-order chi connectivity index (χ0) is 25.3. The number of pyridine rings is 1. The average Bonchev–Trinajstić information content (AvgIpc) is 3.15. The molecule has 1 aromatic heterocycles. The Balaban J connectivity index is 1.75. The first kappa shape index (κ1) is 25.0. The monoisotopic (exact) mass is 507 g/mol. The lowest BCUT2D eigenvalue weighted by Gasteiger charge is -2.38. The van der Waals surface area contributed by atoms with Gasteiger partial charge in [-0.05, 0) is 44.0 Å². The van der Waals surface area contributed by atoms with Crippen molar-refractivity contribution in [2.24, 2.45) is 7.05 Å². The molecule has 0 bridgehead atoms. The summed E-state index contributed by atoms with van der Waals surface area (Å²) < 4.78 is 2.09. The molecule has 2 fully saturated rings. The standard InChI is InChI=1S/C26H29N5O2S2/c1-5-17(2)31-25(33)22(35-26(31)34)15-20-18(3)21(16-27)24(32)28(4)23(20)30-13-11-29(12-14-30)19-9-7-6-8-10-19/h6-10,15,17H,5,11-14H2,1-4H3. The van der Waals surface area contributed by atoms with Gasteiger partial charge in [-0.25, -0.2) is 0 Å². The molecule has 0 saturated carbocycles. The number of aromatic nitrogens is 1. The third-order valence-corrected chi connectivity index (χ3v) is 8.13. The fourth-order valence-corrected chi connectivity index (χ4v) is 6.03. The largest absolute Gasteiger partial charge is 0.368 e. The molecular weight excluding hydrogens is 478 g/mol. The second-order valence-electron chi connectivity index (χ2n) is 8.83. The van der Waals surface area contributed by atoms with Gasteiger partial charge in [-0.15, -0.1) is 0 Å². The van der Waals surface area contributed by atoms with Gasteiger partial charge >= 0.3 is 0 Å².